The van der Waals surface area contributed by atoms with Crippen molar-refractivity contribution in [1.29, 1.82) is 10.7 Å². The van der Waals surface area contributed by atoms with Gasteiger partial charge >= 0.3 is 0 Å². The summed E-state index contributed by atoms with van der Waals surface area (Å²) in [6, 6.07) is 1.88. The molecule has 0 aliphatic carbocycles. The van der Waals surface area contributed by atoms with E-state index in [-0.39, 0.29) is 23.8 Å². The van der Waals surface area contributed by atoms with Crippen LogP contribution in [0.15, 0.2) is 16.2 Å². The van der Waals surface area contributed by atoms with Crippen molar-refractivity contribution in [2.24, 2.45) is 5.92 Å². The molecule has 0 unspecified atom stereocenters. The van der Waals surface area contributed by atoms with Gasteiger partial charge in [0.05, 0.1) is 5.69 Å². The molecule has 8 heteroatoms. The van der Waals surface area contributed by atoms with Gasteiger partial charge in [-0.2, -0.15) is 5.26 Å². The molecule has 2 heterocycles. The maximum atomic E-state index is 12.4. The van der Waals surface area contributed by atoms with Crippen molar-refractivity contribution >= 4 is 23.5 Å². The molecule has 0 bridgehead atoms. The maximum absolute atomic E-state index is 12.4. The van der Waals surface area contributed by atoms with E-state index in [1.165, 1.54) is 22.5 Å². The number of fused-ring (bicyclic) bond motifs is 1. The number of nitriles is 1. The maximum Gasteiger partial charge on any atom is 0.272 e. The highest BCUT2D eigenvalue weighted by Gasteiger charge is 2.25. The summed E-state index contributed by atoms with van der Waals surface area (Å²) >= 11 is 1.37. The zero-order valence-electron chi connectivity index (χ0n) is 11.5. The molecule has 0 saturated carbocycles. The molecule has 0 radical (unpaired) electrons. The minimum absolute atomic E-state index is 0.00603. The fourth-order valence-electron chi connectivity index (χ4n) is 2.06. The molecule has 1 aliphatic heterocycles. The van der Waals surface area contributed by atoms with E-state index in [0.29, 0.717) is 23.0 Å². The Labute approximate surface area is 125 Å². The molecule has 0 amide bonds. The summed E-state index contributed by atoms with van der Waals surface area (Å²) in [5, 5.41) is 29.2. The van der Waals surface area contributed by atoms with Crippen LogP contribution in [0.3, 0.4) is 0 Å². The van der Waals surface area contributed by atoms with Crippen LogP contribution in [-0.2, 0) is 6.54 Å². The Kier molecular flexibility index (Phi) is 4.77. The Hall–Kier alpha value is -2.11. The van der Waals surface area contributed by atoms with Crippen molar-refractivity contribution in [1.82, 2.24) is 14.9 Å². The highest BCUT2D eigenvalue weighted by Crippen LogP contribution is 2.26. The van der Waals surface area contributed by atoms with Crippen molar-refractivity contribution in [3.05, 3.63) is 27.8 Å². The summed E-state index contributed by atoms with van der Waals surface area (Å²) in [4.78, 5) is 16.8. The third kappa shape index (κ3) is 2.84. The van der Waals surface area contributed by atoms with E-state index in [9.17, 15) is 15.2 Å². The van der Waals surface area contributed by atoms with Crippen LogP contribution in [0.1, 0.15) is 11.3 Å². The summed E-state index contributed by atoms with van der Waals surface area (Å²) in [5.74, 6) is 0.652. The number of aliphatic hydroxyl groups is 1. The van der Waals surface area contributed by atoms with Crippen LogP contribution in [0.4, 0.5) is 0 Å². The van der Waals surface area contributed by atoms with E-state index in [4.69, 9.17) is 5.41 Å². The first kappa shape index (κ1) is 15.3. The standard InChI is InChI=1S/C13H15N5O2S/c1-16-4-9(2-14)11-10(3-15)12(20)18-5-8(6-19)7-21-13(18)17-11/h2,4,8,14,16,19H,5-7H2,1H3/b9-4+,14-2?/t8-/m1/s1. The van der Waals surface area contributed by atoms with Gasteiger partial charge in [0.15, 0.2) is 5.16 Å². The lowest BCUT2D eigenvalue weighted by Crippen LogP contribution is -2.34. The summed E-state index contributed by atoms with van der Waals surface area (Å²) in [6.07, 6.45) is 2.58. The first-order valence-electron chi connectivity index (χ1n) is 6.33. The number of thioether (sulfide) groups is 1. The summed E-state index contributed by atoms with van der Waals surface area (Å²) in [5.41, 5.74) is 0.0856. The summed E-state index contributed by atoms with van der Waals surface area (Å²) < 4.78 is 1.43. The molecule has 0 fully saturated rings. The summed E-state index contributed by atoms with van der Waals surface area (Å²) in [6.45, 7) is 0.350. The average molecular weight is 305 g/mol. The number of rotatable bonds is 4. The molecule has 110 valence electrons. The Morgan fingerprint density at radius 3 is 3.10 bits per heavy atom. The van der Waals surface area contributed by atoms with Crippen molar-refractivity contribution in [3.63, 3.8) is 0 Å². The highest BCUT2D eigenvalue weighted by atomic mass is 32.2. The molecule has 1 aromatic heterocycles. The number of hydrogen-bond acceptors (Lipinski definition) is 7. The molecule has 1 atom stereocenters. The number of aromatic nitrogens is 2. The second-order valence-electron chi connectivity index (χ2n) is 4.54. The van der Waals surface area contributed by atoms with Crippen molar-refractivity contribution < 1.29 is 5.11 Å². The second kappa shape index (κ2) is 6.56. The number of hydrogen-bond donors (Lipinski definition) is 3. The van der Waals surface area contributed by atoms with E-state index in [2.05, 4.69) is 10.3 Å². The van der Waals surface area contributed by atoms with Crippen molar-refractivity contribution in [2.45, 2.75) is 11.7 Å². The number of nitrogens with zero attached hydrogens (tertiary/aromatic N) is 3. The van der Waals surface area contributed by atoms with Gasteiger partial charge in [-0.3, -0.25) is 9.36 Å². The smallest absolute Gasteiger partial charge is 0.272 e. The lowest BCUT2D eigenvalue weighted by atomic mass is 10.1. The first-order valence-corrected chi connectivity index (χ1v) is 7.31. The molecule has 7 nitrogen and oxygen atoms in total. The zero-order valence-corrected chi connectivity index (χ0v) is 12.3. The van der Waals surface area contributed by atoms with Crippen LogP contribution in [-0.4, -0.2) is 40.3 Å². The van der Waals surface area contributed by atoms with Crippen molar-refractivity contribution in [2.75, 3.05) is 19.4 Å². The Morgan fingerprint density at radius 1 is 1.76 bits per heavy atom. The molecule has 0 spiro atoms. The normalized spacial score (nSPS) is 17.8. The molecular weight excluding hydrogens is 290 g/mol. The molecule has 21 heavy (non-hydrogen) atoms. The van der Waals surface area contributed by atoms with Gasteiger partial charge < -0.3 is 15.8 Å². The van der Waals surface area contributed by atoms with Gasteiger partial charge in [0.25, 0.3) is 5.56 Å². The molecular formula is C13H15N5O2S. The Morgan fingerprint density at radius 2 is 2.52 bits per heavy atom. The third-order valence-electron chi connectivity index (χ3n) is 3.12. The minimum atomic E-state index is -0.424. The van der Waals surface area contributed by atoms with Crippen LogP contribution in [0.5, 0.6) is 0 Å². The zero-order chi connectivity index (χ0) is 15.4. The average Bonchev–Trinajstić information content (AvgIpc) is 2.52. The molecule has 1 aromatic rings. The molecule has 2 rings (SSSR count). The predicted octanol–water partition coefficient (Wildman–Crippen LogP) is 0.0390. The van der Waals surface area contributed by atoms with Crippen LogP contribution in [0, 0.1) is 22.7 Å². The quantitative estimate of drug-likeness (QED) is 0.534. The fourth-order valence-corrected chi connectivity index (χ4v) is 3.13. The molecule has 1 aliphatic rings. The fraction of sp³-hybridized carbons (Fsp3) is 0.385. The number of allylic oxidation sites excluding steroid dienone is 1. The highest BCUT2D eigenvalue weighted by molar-refractivity contribution is 7.99. The molecule has 0 saturated heterocycles. The lowest BCUT2D eigenvalue weighted by Gasteiger charge is -2.24. The molecule has 0 aromatic carbocycles. The Balaban J connectivity index is 2.64. The van der Waals surface area contributed by atoms with Gasteiger partial charge in [-0.05, 0) is 0 Å². The minimum Gasteiger partial charge on any atom is -0.396 e. The van der Waals surface area contributed by atoms with E-state index in [1.54, 1.807) is 7.05 Å². The van der Waals surface area contributed by atoms with Gasteiger partial charge in [-0.1, -0.05) is 11.8 Å². The van der Waals surface area contributed by atoms with Crippen LogP contribution in [0.2, 0.25) is 0 Å². The Bertz CT molecular complexity index is 689. The van der Waals surface area contributed by atoms with Crippen molar-refractivity contribution in [3.8, 4) is 6.07 Å². The predicted molar refractivity (Wildman–Crippen MR) is 80.3 cm³/mol. The topological polar surface area (TPSA) is 115 Å². The summed E-state index contributed by atoms with van der Waals surface area (Å²) in [7, 11) is 1.67. The van der Waals surface area contributed by atoms with Gasteiger partial charge in [-0.25, -0.2) is 4.98 Å². The second-order valence-corrected chi connectivity index (χ2v) is 5.52. The van der Waals surface area contributed by atoms with Gasteiger partial charge in [0, 0.05) is 49.9 Å². The van der Waals surface area contributed by atoms with Gasteiger partial charge in [-0.15, -0.1) is 0 Å². The van der Waals surface area contributed by atoms with E-state index in [0.717, 1.165) is 6.21 Å². The lowest BCUT2D eigenvalue weighted by molar-refractivity contribution is 0.217. The third-order valence-corrected chi connectivity index (χ3v) is 4.33. The van der Waals surface area contributed by atoms with Gasteiger partial charge in [0.2, 0.25) is 0 Å². The first-order chi connectivity index (χ1) is 10.2. The van der Waals surface area contributed by atoms with E-state index < -0.39 is 5.56 Å². The van der Waals surface area contributed by atoms with Crippen LogP contribution in [0.25, 0.3) is 5.57 Å². The molecule has 3 N–H and O–H groups in total. The largest absolute Gasteiger partial charge is 0.396 e. The van der Waals surface area contributed by atoms with E-state index >= 15 is 0 Å². The van der Waals surface area contributed by atoms with Gasteiger partial charge in [0.1, 0.15) is 11.6 Å². The monoisotopic (exact) mass is 305 g/mol. The van der Waals surface area contributed by atoms with Crippen LogP contribution < -0.4 is 10.9 Å². The number of aliphatic hydroxyl groups excluding tert-OH is 1. The van der Waals surface area contributed by atoms with Crippen LogP contribution >= 0.6 is 11.8 Å². The van der Waals surface area contributed by atoms with E-state index in [1.807, 2.05) is 6.07 Å². The SMILES string of the molecule is CN/C=C(\C=N)c1nc2n(c(=O)c1C#N)C[C@H](CO)CS2. The number of nitrogens with one attached hydrogen (secondary N) is 2.